The van der Waals surface area contributed by atoms with Crippen molar-refractivity contribution in [3.8, 4) is 17.0 Å². The van der Waals surface area contributed by atoms with E-state index in [0.717, 1.165) is 56.1 Å². The molecule has 5 aliphatic rings. The van der Waals surface area contributed by atoms with Crippen LogP contribution in [0.1, 0.15) is 124 Å². The SMILES string of the molecule is CC1(C)CC[C@]2(C(=O)Oc3cccc(COCc4c(-c5ccccc5)no[n+]4[O-])c3)CC[C@]3(C)C(=CC[C@@H]4[C@@]5(C)CC[C@H](OC(=O)C(F)(F)F)C(C)(C)[C@@H]5CC[C@]43C)[C@@H]2C1. The minimum absolute atomic E-state index is 0.0115. The van der Waals surface area contributed by atoms with E-state index in [2.05, 4.69) is 45.9 Å². The predicted molar refractivity (Wildman–Crippen MR) is 216 cm³/mol. The van der Waals surface area contributed by atoms with Crippen molar-refractivity contribution >= 4 is 11.9 Å². The molecule has 0 saturated heterocycles. The molecular weight excluding hydrogens is 774 g/mol. The number of allylic oxidation sites excluding steroid dienone is 2. The van der Waals surface area contributed by atoms with Crippen molar-refractivity contribution in [2.45, 2.75) is 138 Å². The van der Waals surface area contributed by atoms with Gasteiger partial charge < -0.3 is 19.4 Å². The number of hydrogen-bond donors (Lipinski definition) is 0. The van der Waals surface area contributed by atoms with Gasteiger partial charge in [0, 0.05) is 16.1 Å². The molecule has 4 fully saturated rings. The van der Waals surface area contributed by atoms with Crippen LogP contribution in [-0.4, -0.2) is 29.4 Å². The molecule has 324 valence electrons. The largest absolute Gasteiger partial charge is 0.490 e. The van der Waals surface area contributed by atoms with Gasteiger partial charge in [0.1, 0.15) is 18.5 Å². The summed E-state index contributed by atoms with van der Waals surface area (Å²) in [5, 5.41) is 16.3. The highest BCUT2D eigenvalue weighted by Crippen LogP contribution is 2.76. The summed E-state index contributed by atoms with van der Waals surface area (Å²) in [5.74, 6) is -1.45. The van der Waals surface area contributed by atoms with E-state index in [4.69, 9.17) is 18.8 Å². The van der Waals surface area contributed by atoms with E-state index in [-0.39, 0.29) is 64.3 Å². The maximum absolute atomic E-state index is 14.8. The molecular formula is C48H59F3N2O7. The molecule has 1 aromatic heterocycles. The van der Waals surface area contributed by atoms with E-state index in [1.54, 1.807) is 6.07 Å². The molecule has 9 nitrogen and oxygen atoms in total. The second kappa shape index (κ2) is 14.7. The molecule has 8 atom stereocenters. The van der Waals surface area contributed by atoms with E-state index >= 15 is 0 Å². The van der Waals surface area contributed by atoms with E-state index in [0.29, 0.717) is 35.6 Å². The maximum atomic E-state index is 14.8. The molecule has 4 saturated carbocycles. The third-order valence-corrected chi connectivity index (χ3v) is 16.8. The van der Waals surface area contributed by atoms with Crippen LogP contribution in [0.2, 0.25) is 0 Å². The first-order valence-electron chi connectivity index (χ1n) is 21.7. The summed E-state index contributed by atoms with van der Waals surface area (Å²) in [6.45, 7) is 16.0. The van der Waals surface area contributed by atoms with Crippen molar-refractivity contribution in [3.63, 3.8) is 0 Å². The van der Waals surface area contributed by atoms with Gasteiger partial charge in [-0.2, -0.15) is 13.2 Å². The van der Waals surface area contributed by atoms with Gasteiger partial charge in [0.15, 0.2) is 0 Å². The second-order valence-corrected chi connectivity index (χ2v) is 20.7. The maximum Gasteiger partial charge on any atom is 0.490 e. The molecule has 0 aliphatic heterocycles. The molecule has 0 N–H and O–H groups in total. The number of aromatic nitrogens is 2. The van der Waals surface area contributed by atoms with Crippen molar-refractivity contribution in [2.75, 3.05) is 0 Å². The summed E-state index contributed by atoms with van der Waals surface area (Å²) < 4.78 is 62.4. The molecule has 0 amide bonds. The number of nitrogens with zero attached hydrogens (tertiary/aromatic N) is 2. The summed E-state index contributed by atoms with van der Waals surface area (Å²) in [6, 6.07) is 16.7. The molecule has 3 aromatic rings. The topological polar surface area (TPSA) is 115 Å². The Morgan fingerprint density at radius 3 is 2.35 bits per heavy atom. The summed E-state index contributed by atoms with van der Waals surface area (Å²) in [7, 11) is 0. The lowest BCUT2D eigenvalue weighted by molar-refractivity contribution is -0.809. The van der Waals surface area contributed by atoms with Crippen LogP contribution >= 0.6 is 0 Å². The molecule has 8 rings (SSSR count). The highest BCUT2D eigenvalue weighted by molar-refractivity contribution is 5.81. The van der Waals surface area contributed by atoms with Crippen LogP contribution < -0.4 is 9.64 Å². The number of benzene rings is 2. The van der Waals surface area contributed by atoms with Gasteiger partial charge in [-0.25, -0.2) is 4.79 Å². The highest BCUT2D eigenvalue weighted by Gasteiger charge is 2.70. The Morgan fingerprint density at radius 2 is 1.62 bits per heavy atom. The summed E-state index contributed by atoms with van der Waals surface area (Å²) in [5.41, 5.74) is 1.91. The van der Waals surface area contributed by atoms with Gasteiger partial charge in [-0.1, -0.05) is 103 Å². The van der Waals surface area contributed by atoms with Crippen molar-refractivity contribution < 1.29 is 46.5 Å². The number of esters is 2. The van der Waals surface area contributed by atoms with Crippen molar-refractivity contribution in [1.29, 1.82) is 0 Å². The lowest BCUT2D eigenvalue weighted by Gasteiger charge is -2.71. The van der Waals surface area contributed by atoms with Crippen LogP contribution in [0.5, 0.6) is 5.75 Å². The first-order chi connectivity index (χ1) is 28.1. The van der Waals surface area contributed by atoms with Gasteiger partial charge in [-0.05, 0) is 126 Å². The molecule has 60 heavy (non-hydrogen) atoms. The number of carbonyl (C=O) groups excluding carboxylic acids is 2. The van der Waals surface area contributed by atoms with Crippen molar-refractivity contribution in [3.05, 3.63) is 82.7 Å². The van der Waals surface area contributed by atoms with Gasteiger partial charge in [0.25, 0.3) is 5.69 Å². The normalized spacial score (nSPS) is 34.2. The van der Waals surface area contributed by atoms with E-state index in [1.165, 1.54) is 5.57 Å². The summed E-state index contributed by atoms with van der Waals surface area (Å²) in [4.78, 5) is 27.2. The second-order valence-electron chi connectivity index (χ2n) is 20.7. The van der Waals surface area contributed by atoms with Crippen LogP contribution in [0.3, 0.4) is 0 Å². The third kappa shape index (κ3) is 6.87. The van der Waals surface area contributed by atoms with Gasteiger partial charge >= 0.3 is 18.1 Å². The standard InChI is InChI=1S/C48H59F3N2O7/c1-42(2)22-24-47(40(54)58-32-15-11-12-30(26-32)28-57-29-35-39(52-60-53(35)56)31-13-9-8-10-14-31)25-23-45(6)33(34(47)27-42)16-17-37-44(5)20-19-38(59-41(55)48(49,50)51)43(3,4)36(44)18-21-46(37,45)7/h8-16,26,34,36-38H,17-25,27-29H2,1-7H3/t34-,36-,37+,38-,44-,45+,46+,47-/m0/s1. The number of ether oxygens (including phenoxy) is 3. The molecule has 12 heteroatoms. The van der Waals surface area contributed by atoms with E-state index in [9.17, 15) is 28.0 Å². The molecule has 0 bridgehead atoms. The van der Waals surface area contributed by atoms with Crippen LogP contribution in [0.15, 0.2) is 70.9 Å². The zero-order valence-electron chi connectivity index (χ0n) is 36.0. The van der Waals surface area contributed by atoms with Crippen molar-refractivity contribution in [2.24, 2.45) is 50.2 Å². The number of halogens is 3. The fourth-order valence-electron chi connectivity index (χ4n) is 13.4. The quantitative estimate of drug-likeness (QED) is 0.0954. The Kier molecular flexibility index (Phi) is 10.4. The fourth-order valence-corrected chi connectivity index (χ4v) is 13.4. The number of fused-ring (bicyclic) bond motifs is 7. The van der Waals surface area contributed by atoms with Crippen molar-refractivity contribution in [1.82, 2.24) is 5.16 Å². The molecule has 0 radical (unpaired) electrons. The Morgan fingerprint density at radius 1 is 0.883 bits per heavy atom. The van der Waals surface area contributed by atoms with Crippen LogP contribution in [0.25, 0.3) is 11.3 Å². The first kappa shape index (κ1) is 42.5. The van der Waals surface area contributed by atoms with Crippen LogP contribution in [-0.2, 0) is 32.3 Å². The number of rotatable bonds is 8. The molecule has 5 aliphatic carbocycles. The van der Waals surface area contributed by atoms with Gasteiger partial charge in [0.2, 0.25) is 5.69 Å². The molecule has 0 unspecified atom stereocenters. The summed E-state index contributed by atoms with van der Waals surface area (Å²) >= 11 is 0. The average Bonchev–Trinajstić information content (AvgIpc) is 3.55. The fraction of sp³-hybridized carbons (Fsp3) is 0.625. The van der Waals surface area contributed by atoms with Gasteiger partial charge in [-0.15, -0.1) is 0 Å². The van der Waals surface area contributed by atoms with Gasteiger partial charge in [-0.3, -0.25) is 9.42 Å². The Labute approximate surface area is 350 Å². The first-order valence-corrected chi connectivity index (χ1v) is 21.7. The van der Waals surface area contributed by atoms with Crippen LogP contribution in [0, 0.1) is 55.5 Å². The number of alkyl halides is 3. The Bertz CT molecular complexity index is 2160. The summed E-state index contributed by atoms with van der Waals surface area (Å²) in [6.07, 6.45) is 4.43. The zero-order chi connectivity index (χ0) is 43.1. The molecule has 2 aromatic carbocycles. The van der Waals surface area contributed by atoms with E-state index < -0.39 is 29.1 Å². The Hall–Kier alpha value is -4.19. The minimum atomic E-state index is -5.02. The lowest BCUT2D eigenvalue weighted by Crippen LogP contribution is -2.65. The smallest absolute Gasteiger partial charge is 0.455 e. The highest BCUT2D eigenvalue weighted by atomic mass is 19.4. The Balaban J connectivity index is 1.01. The number of hydrogen-bond acceptors (Lipinski definition) is 8. The third-order valence-electron chi connectivity index (χ3n) is 16.8. The van der Waals surface area contributed by atoms with Crippen LogP contribution in [0.4, 0.5) is 13.2 Å². The minimum Gasteiger partial charge on any atom is -0.455 e. The number of carbonyl (C=O) groups is 2. The van der Waals surface area contributed by atoms with Gasteiger partial charge in [0.05, 0.1) is 12.0 Å². The lowest BCUT2D eigenvalue weighted by atomic mass is 9.33. The predicted octanol–water partition coefficient (Wildman–Crippen LogP) is 10.9. The molecule has 0 spiro atoms. The van der Waals surface area contributed by atoms with E-state index in [1.807, 2.05) is 62.4 Å². The molecule has 1 heterocycles. The monoisotopic (exact) mass is 832 g/mol. The average molecular weight is 833 g/mol. The zero-order valence-corrected chi connectivity index (χ0v) is 36.0.